The number of aromatic amines is 1. The number of aromatic nitrogens is 4. The first-order chi connectivity index (χ1) is 11.8. The molecule has 0 bridgehead atoms. The zero-order valence-corrected chi connectivity index (χ0v) is 13.7. The molecule has 124 valence electrons. The lowest BCUT2D eigenvalue weighted by Gasteiger charge is -2.30. The molecule has 0 radical (unpaired) electrons. The van der Waals surface area contributed by atoms with Crippen LogP contribution in [0.2, 0.25) is 0 Å². The van der Waals surface area contributed by atoms with Crippen molar-refractivity contribution in [3.05, 3.63) is 36.4 Å². The van der Waals surface area contributed by atoms with E-state index in [0.29, 0.717) is 5.92 Å². The van der Waals surface area contributed by atoms with Crippen molar-refractivity contribution in [2.75, 3.05) is 12.8 Å². The third kappa shape index (κ3) is 2.63. The van der Waals surface area contributed by atoms with E-state index in [1.165, 1.54) is 18.4 Å². The number of pyridine rings is 1. The Bertz CT molecular complexity index is 842. The molecule has 2 unspecified atom stereocenters. The van der Waals surface area contributed by atoms with Gasteiger partial charge in [0.25, 0.3) is 0 Å². The second-order valence-electron chi connectivity index (χ2n) is 6.36. The zero-order chi connectivity index (χ0) is 16.5. The summed E-state index contributed by atoms with van der Waals surface area (Å²) in [6.45, 7) is 0. The lowest BCUT2D eigenvalue weighted by molar-refractivity contribution is 0.0527. The number of methoxy groups -OCH3 is 1. The van der Waals surface area contributed by atoms with Crippen molar-refractivity contribution in [3.8, 4) is 11.1 Å². The van der Waals surface area contributed by atoms with Crippen LogP contribution in [0.1, 0.15) is 37.2 Å². The van der Waals surface area contributed by atoms with Gasteiger partial charge in [-0.25, -0.2) is 15.0 Å². The first-order valence-electron chi connectivity index (χ1n) is 8.34. The van der Waals surface area contributed by atoms with E-state index >= 15 is 0 Å². The quantitative estimate of drug-likeness (QED) is 0.772. The summed E-state index contributed by atoms with van der Waals surface area (Å²) in [6, 6.07) is 2.16. The molecule has 4 rings (SSSR count). The van der Waals surface area contributed by atoms with E-state index in [1.807, 2.05) is 13.3 Å². The van der Waals surface area contributed by atoms with E-state index < -0.39 is 0 Å². The van der Waals surface area contributed by atoms with Crippen LogP contribution in [0.4, 0.5) is 5.95 Å². The smallest absolute Gasteiger partial charge is 0.219 e. The van der Waals surface area contributed by atoms with Crippen molar-refractivity contribution >= 4 is 17.0 Å². The fourth-order valence-corrected chi connectivity index (χ4v) is 3.71. The van der Waals surface area contributed by atoms with Crippen molar-refractivity contribution < 1.29 is 4.74 Å². The molecule has 3 aromatic rings. The minimum absolute atomic E-state index is 0.278. The highest BCUT2D eigenvalue weighted by atomic mass is 16.5. The number of anilines is 1. The largest absolute Gasteiger partial charge is 0.381 e. The van der Waals surface area contributed by atoms with Crippen LogP contribution in [-0.2, 0) is 4.74 Å². The summed E-state index contributed by atoms with van der Waals surface area (Å²) >= 11 is 0. The molecule has 1 fully saturated rings. The van der Waals surface area contributed by atoms with E-state index in [2.05, 4.69) is 32.2 Å². The molecule has 6 heteroatoms. The fourth-order valence-electron chi connectivity index (χ4n) is 3.71. The van der Waals surface area contributed by atoms with Gasteiger partial charge in [-0.05, 0) is 24.5 Å². The number of hydrogen-bond acceptors (Lipinski definition) is 5. The molecule has 3 heterocycles. The minimum atomic E-state index is 0.278. The molecule has 0 aromatic carbocycles. The predicted molar refractivity (Wildman–Crippen MR) is 93.5 cm³/mol. The second kappa shape index (κ2) is 6.20. The van der Waals surface area contributed by atoms with Crippen LogP contribution in [-0.4, -0.2) is 33.1 Å². The Kier molecular flexibility index (Phi) is 3.90. The highest BCUT2D eigenvalue weighted by Crippen LogP contribution is 2.38. The first kappa shape index (κ1) is 15.1. The number of nitrogens with one attached hydrogen (secondary N) is 1. The van der Waals surface area contributed by atoms with Gasteiger partial charge in [-0.2, -0.15) is 0 Å². The number of rotatable bonds is 3. The number of H-pyrrole nitrogens is 1. The normalized spacial score (nSPS) is 21.2. The lowest BCUT2D eigenvalue weighted by Crippen LogP contribution is -2.24. The molecule has 1 aliphatic carbocycles. The van der Waals surface area contributed by atoms with Crippen molar-refractivity contribution in [1.29, 1.82) is 0 Å². The van der Waals surface area contributed by atoms with Gasteiger partial charge in [0, 0.05) is 54.3 Å². The van der Waals surface area contributed by atoms with Crippen molar-refractivity contribution in [2.24, 2.45) is 0 Å². The second-order valence-corrected chi connectivity index (χ2v) is 6.36. The van der Waals surface area contributed by atoms with Gasteiger partial charge in [-0.15, -0.1) is 0 Å². The summed E-state index contributed by atoms with van der Waals surface area (Å²) in [5.74, 6) is 0.692. The SMILES string of the molecule is COC1CCCCC1c1c[nH]c2ncc(-c3cnc(N)nc3)cc12. The summed E-state index contributed by atoms with van der Waals surface area (Å²) in [4.78, 5) is 16.0. The summed E-state index contributed by atoms with van der Waals surface area (Å²) in [6.07, 6.45) is 12.4. The van der Waals surface area contributed by atoms with Gasteiger partial charge >= 0.3 is 0 Å². The topological polar surface area (TPSA) is 89.7 Å². The van der Waals surface area contributed by atoms with Gasteiger partial charge in [0.2, 0.25) is 5.95 Å². The monoisotopic (exact) mass is 323 g/mol. The molecule has 2 atom stereocenters. The molecule has 6 nitrogen and oxygen atoms in total. The predicted octanol–water partition coefficient (Wildman–Crippen LogP) is 3.27. The number of hydrogen-bond donors (Lipinski definition) is 2. The Labute approximate surface area is 140 Å². The van der Waals surface area contributed by atoms with Crippen LogP contribution in [0.25, 0.3) is 22.2 Å². The van der Waals surface area contributed by atoms with E-state index in [-0.39, 0.29) is 12.1 Å². The fraction of sp³-hybridized carbons (Fsp3) is 0.389. The highest BCUT2D eigenvalue weighted by Gasteiger charge is 2.28. The number of nitrogens with two attached hydrogens (primary N) is 1. The van der Waals surface area contributed by atoms with Gasteiger partial charge in [0.15, 0.2) is 0 Å². The Hall–Kier alpha value is -2.47. The molecule has 3 aromatic heterocycles. The third-order valence-corrected chi connectivity index (χ3v) is 4.97. The molecule has 24 heavy (non-hydrogen) atoms. The lowest BCUT2D eigenvalue weighted by atomic mass is 9.81. The molecule has 0 aliphatic heterocycles. The number of nitrogens with zero attached hydrogens (tertiary/aromatic N) is 3. The standard InChI is InChI=1S/C18H21N5O/c1-24-16-5-3-2-4-13(16)15-10-21-17-14(15)6-11(7-20-17)12-8-22-18(19)23-9-12/h6-10,13,16H,2-5H2,1H3,(H,20,21)(H2,19,22,23). The van der Waals surface area contributed by atoms with E-state index in [4.69, 9.17) is 10.5 Å². The van der Waals surface area contributed by atoms with Crippen molar-refractivity contribution in [2.45, 2.75) is 37.7 Å². The minimum Gasteiger partial charge on any atom is -0.381 e. The molecule has 0 spiro atoms. The molecule has 1 saturated carbocycles. The molecule has 1 aliphatic rings. The van der Waals surface area contributed by atoms with Crippen LogP contribution in [0.3, 0.4) is 0 Å². The molecular weight excluding hydrogens is 302 g/mol. The van der Waals surface area contributed by atoms with Crippen molar-refractivity contribution in [3.63, 3.8) is 0 Å². The van der Waals surface area contributed by atoms with Crippen LogP contribution < -0.4 is 5.73 Å². The average Bonchev–Trinajstić information content (AvgIpc) is 3.05. The zero-order valence-electron chi connectivity index (χ0n) is 13.7. The van der Waals surface area contributed by atoms with Crippen molar-refractivity contribution in [1.82, 2.24) is 19.9 Å². The summed E-state index contributed by atoms with van der Waals surface area (Å²) in [5, 5.41) is 1.15. The Morgan fingerprint density at radius 1 is 1.08 bits per heavy atom. The molecule has 0 saturated heterocycles. The van der Waals surface area contributed by atoms with Crippen LogP contribution >= 0.6 is 0 Å². The summed E-state index contributed by atoms with van der Waals surface area (Å²) in [5.41, 5.74) is 9.68. The van der Waals surface area contributed by atoms with Gasteiger partial charge < -0.3 is 15.5 Å². The number of fused-ring (bicyclic) bond motifs is 1. The maximum atomic E-state index is 5.74. The van der Waals surface area contributed by atoms with E-state index in [0.717, 1.165) is 35.0 Å². The Morgan fingerprint density at radius 3 is 2.62 bits per heavy atom. The molecular formula is C18H21N5O. The summed E-state index contributed by atoms with van der Waals surface area (Å²) < 4.78 is 5.74. The molecule has 0 amide bonds. The van der Waals surface area contributed by atoms with E-state index in [9.17, 15) is 0 Å². The van der Waals surface area contributed by atoms with E-state index in [1.54, 1.807) is 12.4 Å². The van der Waals surface area contributed by atoms with Gasteiger partial charge in [-0.3, -0.25) is 0 Å². The van der Waals surface area contributed by atoms with Crippen LogP contribution in [0.5, 0.6) is 0 Å². The summed E-state index contributed by atoms with van der Waals surface area (Å²) in [7, 11) is 1.81. The van der Waals surface area contributed by atoms with Crippen LogP contribution in [0, 0.1) is 0 Å². The molecule has 3 N–H and O–H groups in total. The maximum Gasteiger partial charge on any atom is 0.219 e. The maximum absolute atomic E-state index is 5.74. The Balaban J connectivity index is 1.77. The van der Waals surface area contributed by atoms with Gasteiger partial charge in [0.1, 0.15) is 5.65 Å². The average molecular weight is 323 g/mol. The van der Waals surface area contributed by atoms with Gasteiger partial charge in [-0.1, -0.05) is 12.8 Å². The highest BCUT2D eigenvalue weighted by molar-refractivity contribution is 5.85. The number of ether oxygens (including phenoxy) is 1. The number of nitrogen functional groups attached to an aromatic ring is 1. The third-order valence-electron chi connectivity index (χ3n) is 4.97. The first-order valence-corrected chi connectivity index (χ1v) is 8.34. The Morgan fingerprint density at radius 2 is 1.83 bits per heavy atom. The van der Waals surface area contributed by atoms with Crippen LogP contribution in [0.15, 0.2) is 30.9 Å². The van der Waals surface area contributed by atoms with Gasteiger partial charge in [0.05, 0.1) is 6.10 Å².